The van der Waals surface area contributed by atoms with Gasteiger partial charge in [-0.2, -0.15) is 5.10 Å². The van der Waals surface area contributed by atoms with E-state index in [2.05, 4.69) is 33.7 Å². The van der Waals surface area contributed by atoms with E-state index < -0.39 is 0 Å². The molecular formula is C29H21N3O2S. The third-order valence-electron chi connectivity index (χ3n) is 6.06. The van der Waals surface area contributed by atoms with Crippen LogP contribution in [0.15, 0.2) is 97.2 Å². The summed E-state index contributed by atoms with van der Waals surface area (Å²) in [4.78, 5) is 14.5. The van der Waals surface area contributed by atoms with E-state index in [-0.39, 0.29) is 5.91 Å². The van der Waals surface area contributed by atoms with Gasteiger partial charge in [-0.3, -0.25) is 9.89 Å². The van der Waals surface area contributed by atoms with E-state index in [0.717, 1.165) is 32.5 Å². The molecule has 170 valence electrons. The number of hydrogen-bond acceptors (Lipinski definition) is 4. The molecule has 0 bridgehead atoms. The molecule has 2 heterocycles. The Morgan fingerprint density at radius 1 is 0.886 bits per heavy atom. The number of carbonyl (C=O) groups is 1. The number of rotatable bonds is 5. The number of fused-ring (bicyclic) bond motifs is 2. The van der Waals surface area contributed by atoms with Gasteiger partial charge < -0.3 is 10.1 Å². The lowest BCUT2D eigenvalue weighted by molar-refractivity contribution is 0.102. The van der Waals surface area contributed by atoms with E-state index in [0.29, 0.717) is 17.0 Å². The van der Waals surface area contributed by atoms with Crippen molar-refractivity contribution in [3.63, 3.8) is 0 Å². The van der Waals surface area contributed by atoms with Crippen molar-refractivity contribution in [2.24, 2.45) is 0 Å². The maximum atomic E-state index is 13.5. The normalized spacial score (nSPS) is 11.1. The molecule has 0 aliphatic rings. The standard InChI is InChI=1S/C29H21N3O2S/c1-34-25-12-11-19(18-7-3-2-4-8-18)15-24(25)31-29(33)21-13-22-17-30-32-28(22)23(14-21)27-16-20-9-5-6-10-26(20)35-27/h2-17H,1H3,(H,30,32)(H,31,33). The Balaban J connectivity index is 1.40. The molecule has 0 fully saturated rings. The highest BCUT2D eigenvalue weighted by Crippen LogP contribution is 2.38. The number of aromatic nitrogens is 2. The number of amides is 1. The van der Waals surface area contributed by atoms with Crippen LogP contribution in [-0.4, -0.2) is 23.2 Å². The summed E-state index contributed by atoms with van der Waals surface area (Å²) < 4.78 is 6.73. The highest BCUT2D eigenvalue weighted by molar-refractivity contribution is 7.22. The molecule has 0 saturated carbocycles. The number of H-pyrrole nitrogens is 1. The van der Waals surface area contributed by atoms with E-state index >= 15 is 0 Å². The summed E-state index contributed by atoms with van der Waals surface area (Å²) in [6.45, 7) is 0. The molecule has 6 aromatic rings. The number of nitrogens with one attached hydrogen (secondary N) is 2. The van der Waals surface area contributed by atoms with E-state index in [1.807, 2.05) is 72.8 Å². The molecule has 0 spiro atoms. The van der Waals surface area contributed by atoms with Crippen molar-refractivity contribution in [2.45, 2.75) is 0 Å². The van der Waals surface area contributed by atoms with Gasteiger partial charge in [-0.15, -0.1) is 11.3 Å². The number of thiophene rings is 1. The Hall–Kier alpha value is -4.42. The third-order valence-corrected chi connectivity index (χ3v) is 7.21. The first-order valence-electron chi connectivity index (χ1n) is 11.2. The monoisotopic (exact) mass is 475 g/mol. The molecule has 0 radical (unpaired) electrons. The molecule has 35 heavy (non-hydrogen) atoms. The summed E-state index contributed by atoms with van der Waals surface area (Å²) in [5.74, 6) is 0.395. The number of nitrogens with zero attached hydrogens (tertiary/aromatic N) is 1. The van der Waals surface area contributed by atoms with Crippen LogP contribution in [-0.2, 0) is 0 Å². The van der Waals surface area contributed by atoms with Crippen molar-refractivity contribution in [3.8, 4) is 27.3 Å². The van der Waals surface area contributed by atoms with Gasteiger partial charge in [-0.1, -0.05) is 54.6 Å². The average Bonchev–Trinajstić information content (AvgIpc) is 3.55. The van der Waals surface area contributed by atoms with Crippen LogP contribution in [0, 0.1) is 0 Å². The summed E-state index contributed by atoms with van der Waals surface area (Å²) in [6.07, 6.45) is 1.75. The molecule has 2 N–H and O–H groups in total. The van der Waals surface area contributed by atoms with E-state index in [1.54, 1.807) is 24.6 Å². The predicted molar refractivity (Wildman–Crippen MR) is 143 cm³/mol. The van der Waals surface area contributed by atoms with Gasteiger partial charge >= 0.3 is 0 Å². The molecule has 6 rings (SSSR count). The van der Waals surface area contributed by atoms with Gasteiger partial charge in [0.1, 0.15) is 5.75 Å². The number of methoxy groups -OCH3 is 1. The van der Waals surface area contributed by atoms with Crippen molar-refractivity contribution < 1.29 is 9.53 Å². The van der Waals surface area contributed by atoms with Gasteiger partial charge in [-0.25, -0.2) is 0 Å². The Morgan fingerprint density at radius 2 is 1.71 bits per heavy atom. The minimum atomic E-state index is -0.209. The van der Waals surface area contributed by atoms with Crippen LogP contribution in [0.1, 0.15) is 10.4 Å². The first kappa shape index (κ1) is 21.1. The summed E-state index contributed by atoms with van der Waals surface area (Å²) in [6, 6.07) is 30.1. The maximum absolute atomic E-state index is 13.5. The van der Waals surface area contributed by atoms with E-state index in [1.165, 1.54) is 10.1 Å². The highest BCUT2D eigenvalue weighted by atomic mass is 32.1. The Bertz CT molecular complexity index is 1650. The van der Waals surface area contributed by atoms with Gasteiger partial charge in [-0.05, 0) is 52.9 Å². The smallest absolute Gasteiger partial charge is 0.255 e. The Morgan fingerprint density at radius 3 is 2.54 bits per heavy atom. The van der Waals surface area contributed by atoms with Gasteiger partial charge in [0.25, 0.3) is 5.91 Å². The number of ether oxygens (including phenoxy) is 1. The topological polar surface area (TPSA) is 67.0 Å². The third kappa shape index (κ3) is 3.94. The summed E-state index contributed by atoms with van der Waals surface area (Å²) >= 11 is 1.70. The van der Waals surface area contributed by atoms with Crippen molar-refractivity contribution in [2.75, 3.05) is 12.4 Å². The molecule has 0 unspecified atom stereocenters. The lowest BCUT2D eigenvalue weighted by Gasteiger charge is -2.13. The number of anilines is 1. The molecule has 2 aromatic heterocycles. The van der Waals surface area contributed by atoms with Crippen LogP contribution >= 0.6 is 11.3 Å². The fourth-order valence-corrected chi connectivity index (χ4v) is 5.39. The number of carbonyl (C=O) groups excluding carboxylic acids is 1. The molecule has 4 aromatic carbocycles. The quantitative estimate of drug-likeness (QED) is 0.273. The highest BCUT2D eigenvalue weighted by Gasteiger charge is 2.17. The van der Waals surface area contributed by atoms with Crippen LogP contribution < -0.4 is 10.1 Å². The lowest BCUT2D eigenvalue weighted by Crippen LogP contribution is -2.13. The van der Waals surface area contributed by atoms with Crippen molar-refractivity contribution >= 4 is 43.9 Å². The van der Waals surface area contributed by atoms with E-state index in [9.17, 15) is 4.79 Å². The summed E-state index contributed by atoms with van der Waals surface area (Å²) in [5, 5.41) is 12.4. The zero-order valence-electron chi connectivity index (χ0n) is 18.9. The zero-order valence-corrected chi connectivity index (χ0v) is 19.7. The number of benzene rings is 4. The van der Waals surface area contributed by atoms with Crippen molar-refractivity contribution in [1.29, 1.82) is 0 Å². The number of hydrogen-bond donors (Lipinski definition) is 2. The van der Waals surface area contributed by atoms with Crippen LogP contribution in [0.4, 0.5) is 5.69 Å². The van der Waals surface area contributed by atoms with Crippen LogP contribution in [0.3, 0.4) is 0 Å². The molecule has 0 saturated heterocycles. The SMILES string of the molecule is COc1ccc(-c2ccccc2)cc1NC(=O)c1cc(-c2cc3ccccc3s2)c2[nH]ncc2c1. The second kappa shape index (κ2) is 8.74. The summed E-state index contributed by atoms with van der Waals surface area (Å²) in [7, 11) is 1.60. The maximum Gasteiger partial charge on any atom is 0.255 e. The molecule has 0 aliphatic carbocycles. The molecule has 0 atom stereocenters. The minimum Gasteiger partial charge on any atom is -0.495 e. The van der Waals surface area contributed by atoms with E-state index in [4.69, 9.17) is 4.74 Å². The molecular weight excluding hydrogens is 454 g/mol. The van der Waals surface area contributed by atoms with Crippen molar-refractivity contribution in [1.82, 2.24) is 10.2 Å². The van der Waals surface area contributed by atoms with Gasteiger partial charge in [0, 0.05) is 26.1 Å². The summed E-state index contributed by atoms with van der Waals surface area (Å²) in [5.41, 5.74) is 5.11. The van der Waals surface area contributed by atoms with Gasteiger partial charge in [0.05, 0.1) is 24.5 Å². The first-order valence-corrected chi connectivity index (χ1v) is 12.0. The molecule has 0 aliphatic heterocycles. The van der Waals surface area contributed by atoms with Crippen molar-refractivity contribution in [3.05, 3.63) is 103 Å². The minimum absolute atomic E-state index is 0.209. The molecule has 1 amide bonds. The number of aromatic amines is 1. The second-order valence-corrected chi connectivity index (χ2v) is 9.33. The van der Waals surface area contributed by atoms with Gasteiger partial charge in [0.2, 0.25) is 0 Å². The lowest BCUT2D eigenvalue weighted by atomic mass is 10.0. The second-order valence-electron chi connectivity index (χ2n) is 8.24. The zero-order chi connectivity index (χ0) is 23.8. The molecule has 6 heteroatoms. The van der Waals surface area contributed by atoms with Crippen LogP contribution in [0.25, 0.3) is 42.6 Å². The predicted octanol–water partition coefficient (Wildman–Crippen LogP) is 7.37. The Labute approximate surface area is 206 Å². The van der Waals surface area contributed by atoms with Crippen LogP contribution in [0.5, 0.6) is 5.75 Å². The largest absolute Gasteiger partial charge is 0.495 e. The fourth-order valence-electron chi connectivity index (χ4n) is 4.31. The fraction of sp³-hybridized carbons (Fsp3) is 0.0345. The molecule has 5 nitrogen and oxygen atoms in total. The van der Waals surface area contributed by atoms with Crippen LogP contribution in [0.2, 0.25) is 0 Å². The first-order chi connectivity index (χ1) is 17.2. The Kier molecular flexibility index (Phi) is 5.28. The van der Waals surface area contributed by atoms with Gasteiger partial charge in [0.15, 0.2) is 0 Å². The average molecular weight is 476 g/mol.